The number of carbonyl (C=O) groups excluding carboxylic acids is 2. The predicted octanol–water partition coefficient (Wildman–Crippen LogP) is 0.597. The third-order valence-corrected chi connectivity index (χ3v) is 4.99. The maximum Gasteiger partial charge on any atom is 0.253 e. The zero-order valence-electron chi connectivity index (χ0n) is 14.2. The van der Waals surface area contributed by atoms with E-state index in [1.807, 2.05) is 40.1 Å². The molecule has 2 heterocycles. The molecule has 1 aromatic carbocycles. The smallest absolute Gasteiger partial charge is 0.253 e. The van der Waals surface area contributed by atoms with Gasteiger partial charge in [-0.3, -0.25) is 9.59 Å². The van der Waals surface area contributed by atoms with Crippen molar-refractivity contribution in [3.8, 4) is 0 Å². The molecule has 2 aliphatic heterocycles. The number of carbonyl (C=O) groups is 2. The maximum atomic E-state index is 13.0. The van der Waals surface area contributed by atoms with Crippen molar-refractivity contribution in [1.29, 1.82) is 0 Å². The van der Waals surface area contributed by atoms with Gasteiger partial charge in [-0.2, -0.15) is 0 Å². The summed E-state index contributed by atoms with van der Waals surface area (Å²) < 4.78 is 5.31. The van der Waals surface area contributed by atoms with Gasteiger partial charge in [-0.05, 0) is 25.1 Å². The van der Waals surface area contributed by atoms with Gasteiger partial charge in [0.15, 0.2) is 0 Å². The van der Waals surface area contributed by atoms with Crippen LogP contribution in [-0.2, 0) is 9.53 Å². The average molecular weight is 331 g/mol. The first-order valence-corrected chi connectivity index (χ1v) is 8.50. The molecular formula is C18H25N3O3. The van der Waals surface area contributed by atoms with E-state index in [9.17, 15) is 9.59 Å². The molecule has 1 atom stereocenters. The Kier molecular flexibility index (Phi) is 5.16. The summed E-state index contributed by atoms with van der Waals surface area (Å²) in [6.45, 7) is 4.30. The molecule has 0 aliphatic carbocycles. The van der Waals surface area contributed by atoms with E-state index in [-0.39, 0.29) is 11.8 Å². The molecule has 1 aromatic rings. The van der Waals surface area contributed by atoms with Crippen LogP contribution in [0.4, 0.5) is 0 Å². The van der Waals surface area contributed by atoms with E-state index in [4.69, 9.17) is 4.74 Å². The van der Waals surface area contributed by atoms with Gasteiger partial charge in [0, 0.05) is 45.4 Å². The first-order chi connectivity index (χ1) is 11.7. The zero-order valence-corrected chi connectivity index (χ0v) is 14.2. The molecular weight excluding hydrogens is 306 g/mol. The number of piperazine rings is 1. The molecule has 2 saturated heterocycles. The van der Waals surface area contributed by atoms with E-state index < -0.39 is 5.41 Å². The van der Waals surface area contributed by atoms with Gasteiger partial charge in [0.1, 0.15) is 0 Å². The monoisotopic (exact) mass is 331 g/mol. The van der Waals surface area contributed by atoms with Crippen molar-refractivity contribution in [2.24, 2.45) is 5.41 Å². The second-order valence-electron chi connectivity index (χ2n) is 6.59. The molecule has 2 fully saturated rings. The lowest BCUT2D eigenvalue weighted by Gasteiger charge is -2.39. The number of methoxy groups -OCH3 is 1. The summed E-state index contributed by atoms with van der Waals surface area (Å²) in [6, 6.07) is 9.30. The lowest BCUT2D eigenvalue weighted by molar-refractivity contribution is -0.145. The van der Waals surface area contributed by atoms with Gasteiger partial charge in [-0.1, -0.05) is 18.2 Å². The minimum atomic E-state index is -0.444. The van der Waals surface area contributed by atoms with Crippen LogP contribution < -0.4 is 5.32 Å². The van der Waals surface area contributed by atoms with Crippen LogP contribution in [0.25, 0.3) is 0 Å². The molecule has 1 N–H and O–H groups in total. The highest BCUT2D eigenvalue weighted by atomic mass is 16.5. The molecule has 0 aromatic heterocycles. The molecule has 2 aliphatic rings. The molecule has 6 heteroatoms. The molecule has 24 heavy (non-hydrogen) atoms. The first kappa shape index (κ1) is 16.9. The topological polar surface area (TPSA) is 61.9 Å². The predicted molar refractivity (Wildman–Crippen MR) is 90.7 cm³/mol. The Labute approximate surface area is 142 Å². The van der Waals surface area contributed by atoms with E-state index >= 15 is 0 Å². The van der Waals surface area contributed by atoms with Crippen LogP contribution in [0.2, 0.25) is 0 Å². The summed E-state index contributed by atoms with van der Waals surface area (Å²) in [6.07, 6.45) is 0.808. The standard InChI is InChI=1S/C18H25N3O3/c1-24-14-18(7-8-19-13-18)17(23)21-11-9-20(10-12-21)16(22)15-5-3-2-4-6-15/h2-6,19H,7-14H2,1H3. The van der Waals surface area contributed by atoms with Crippen molar-refractivity contribution in [2.75, 3.05) is 53.0 Å². The van der Waals surface area contributed by atoms with Crippen molar-refractivity contribution >= 4 is 11.8 Å². The third kappa shape index (κ3) is 3.30. The summed E-state index contributed by atoms with van der Waals surface area (Å²) in [5.74, 6) is 0.193. The van der Waals surface area contributed by atoms with Gasteiger partial charge < -0.3 is 19.9 Å². The normalized spacial score (nSPS) is 24.2. The molecule has 2 amide bonds. The largest absolute Gasteiger partial charge is 0.384 e. The summed E-state index contributed by atoms with van der Waals surface area (Å²) in [4.78, 5) is 29.2. The number of benzene rings is 1. The number of hydrogen-bond donors (Lipinski definition) is 1. The number of amides is 2. The van der Waals surface area contributed by atoms with Gasteiger partial charge in [0.25, 0.3) is 5.91 Å². The second kappa shape index (κ2) is 7.32. The Morgan fingerprint density at radius 1 is 1.12 bits per heavy atom. The van der Waals surface area contributed by atoms with Crippen LogP contribution in [0.15, 0.2) is 30.3 Å². The van der Waals surface area contributed by atoms with E-state index in [1.54, 1.807) is 7.11 Å². The minimum absolute atomic E-state index is 0.0387. The average Bonchev–Trinajstić information content (AvgIpc) is 3.11. The van der Waals surface area contributed by atoms with Crippen molar-refractivity contribution in [3.63, 3.8) is 0 Å². The fraction of sp³-hybridized carbons (Fsp3) is 0.556. The fourth-order valence-electron chi connectivity index (χ4n) is 3.60. The van der Waals surface area contributed by atoms with Crippen LogP contribution in [-0.4, -0.2) is 74.6 Å². The number of nitrogens with zero attached hydrogens (tertiary/aromatic N) is 2. The minimum Gasteiger partial charge on any atom is -0.384 e. The van der Waals surface area contributed by atoms with Gasteiger partial charge in [-0.15, -0.1) is 0 Å². The van der Waals surface area contributed by atoms with Crippen molar-refractivity contribution in [3.05, 3.63) is 35.9 Å². The van der Waals surface area contributed by atoms with E-state index in [0.717, 1.165) is 13.0 Å². The molecule has 1 unspecified atom stereocenters. The molecule has 130 valence electrons. The summed E-state index contributed by atoms with van der Waals surface area (Å²) in [5, 5.41) is 3.27. The highest BCUT2D eigenvalue weighted by Gasteiger charge is 2.44. The zero-order chi connectivity index (χ0) is 17.0. The van der Waals surface area contributed by atoms with Crippen molar-refractivity contribution in [1.82, 2.24) is 15.1 Å². The summed E-state index contributed by atoms with van der Waals surface area (Å²) >= 11 is 0. The highest BCUT2D eigenvalue weighted by molar-refractivity contribution is 5.94. The van der Waals surface area contributed by atoms with Gasteiger partial charge in [0.2, 0.25) is 5.91 Å². The number of ether oxygens (including phenoxy) is 1. The Hall–Kier alpha value is -1.92. The van der Waals surface area contributed by atoms with Crippen LogP contribution in [0.1, 0.15) is 16.8 Å². The van der Waals surface area contributed by atoms with Crippen molar-refractivity contribution in [2.45, 2.75) is 6.42 Å². The fourth-order valence-corrected chi connectivity index (χ4v) is 3.60. The maximum absolute atomic E-state index is 13.0. The number of rotatable bonds is 4. The Balaban J connectivity index is 1.60. The van der Waals surface area contributed by atoms with E-state index in [1.165, 1.54) is 0 Å². The molecule has 6 nitrogen and oxygen atoms in total. The SMILES string of the molecule is COCC1(C(=O)N2CCN(C(=O)c3ccccc3)CC2)CCNC1. The number of hydrogen-bond acceptors (Lipinski definition) is 4. The van der Waals surface area contributed by atoms with Gasteiger partial charge in [0.05, 0.1) is 12.0 Å². The quantitative estimate of drug-likeness (QED) is 0.878. The van der Waals surface area contributed by atoms with Crippen LogP contribution >= 0.6 is 0 Å². The van der Waals surface area contributed by atoms with E-state index in [0.29, 0.717) is 44.9 Å². The Morgan fingerprint density at radius 2 is 1.79 bits per heavy atom. The molecule has 3 rings (SSSR count). The summed E-state index contributed by atoms with van der Waals surface area (Å²) in [7, 11) is 1.64. The molecule has 0 saturated carbocycles. The lowest BCUT2D eigenvalue weighted by atomic mass is 9.86. The van der Waals surface area contributed by atoms with Crippen LogP contribution in [0.5, 0.6) is 0 Å². The third-order valence-electron chi connectivity index (χ3n) is 4.99. The second-order valence-corrected chi connectivity index (χ2v) is 6.59. The molecule has 0 radical (unpaired) electrons. The van der Waals surface area contributed by atoms with Crippen LogP contribution in [0, 0.1) is 5.41 Å². The summed E-state index contributed by atoms with van der Waals surface area (Å²) in [5.41, 5.74) is 0.258. The van der Waals surface area contributed by atoms with Crippen molar-refractivity contribution < 1.29 is 14.3 Å². The first-order valence-electron chi connectivity index (χ1n) is 8.50. The van der Waals surface area contributed by atoms with Crippen LogP contribution in [0.3, 0.4) is 0 Å². The number of nitrogens with one attached hydrogen (secondary N) is 1. The van der Waals surface area contributed by atoms with E-state index in [2.05, 4.69) is 5.32 Å². The Bertz CT molecular complexity index is 576. The van der Waals surface area contributed by atoms with Gasteiger partial charge >= 0.3 is 0 Å². The highest BCUT2D eigenvalue weighted by Crippen LogP contribution is 2.29. The lowest BCUT2D eigenvalue weighted by Crippen LogP contribution is -2.55. The Morgan fingerprint density at radius 3 is 2.38 bits per heavy atom. The van der Waals surface area contributed by atoms with Gasteiger partial charge in [-0.25, -0.2) is 0 Å². The molecule has 0 spiro atoms. The molecule has 0 bridgehead atoms.